The highest BCUT2D eigenvalue weighted by atomic mass is 32.2. The Bertz CT molecular complexity index is 2000. The number of aromatic nitrogens is 1. The summed E-state index contributed by atoms with van der Waals surface area (Å²) in [5.74, 6) is -2.92. The SMILES string of the molecule is CCn1cc(C(=O)O)c(=O)c2cc(F)c(N3CCN(C(=O)OCC4=C(OC(=O)O)N5C(=O)[C@@H](NC(=O)COc6ccccc6)[C@H]5SC4)CC3)cc21. The van der Waals surface area contributed by atoms with Gasteiger partial charge in [0.2, 0.25) is 11.3 Å². The molecule has 0 unspecified atom stereocenters. The smallest absolute Gasteiger partial charge is 0.484 e. The van der Waals surface area contributed by atoms with E-state index >= 15 is 4.39 Å². The average Bonchev–Trinajstić information content (AvgIpc) is 3.12. The number of hydrogen-bond acceptors (Lipinski definition) is 11. The molecule has 0 radical (unpaired) electrons. The fraction of sp³-hybridized carbons (Fsp3) is 0.333. The number of nitrogens with one attached hydrogen (secondary N) is 1. The number of carboxylic acid groups (broad SMARTS) is 2. The largest absolute Gasteiger partial charge is 0.512 e. The highest BCUT2D eigenvalue weighted by Gasteiger charge is 2.54. The van der Waals surface area contributed by atoms with Crippen LogP contribution < -0.4 is 20.4 Å². The number of carbonyl (C=O) groups excluding carboxylic acids is 3. The number of benzene rings is 2. The van der Waals surface area contributed by atoms with Gasteiger partial charge in [0.1, 0.15) is 35.2 Å². The Morgan fingerprint density at radius 2 is 1.76 bits per heavy atom. The van der Waals surface area contributed by atoms with E-state index < -0.39 is 58.3 Å². The number of hydrogen-bond donors (Lipinski definition) is 3. The molecule has 0 bridgehead atoms. The molecule has 3 aromatic rings. The molecule has 3 amide bonds. The number of pyridine rings is 1. The number of nitrogens with zero attached hydrogens (tertiary/aromatic N) is 4. The van der Waals surface area contributed by atoms with Crippen molar-refractivity contribution >= 4 is 58.4 Å². The van der Waals surface area contributed by atoms with Gasteiger partial charge in [0.25, 0.3) is 11.8 Å². The van der Waals surface area contributed by atoms with Gasteiger partial charge in [-0.15, -0.1) is 11.8 Å². The van der Waals surface area contributed by atoms with Gasteiger partial charge in [0.05, 0.1) is 11.2 Å². The molecule has 3 N–H and O–H groups in total. The average molecular weight is 726 g/mol. The minimum Gasteiger partial charge on any atom is -0.484 e. The van der Waals surface area contributed by atoms with Gasteiger partial charge < -0.3 is 44.1 Å². The van der Waals surface area contributed by atoms with Crippen LogP contribution in [-0.2, 0) is 25.6 Å². The normalized spacial score (nSPS) is 18.5. The zero-order valence-corrected chi connectivity index (χ0v) is 27.9. The summed E-state index contributed by atoms with van der Waals surface area (Å²) in [5, 5.41) is 20.7. The van der Waals surface area contributed by atoms with Gasteiger partial charge in [-0.2, -0.15) is 0 Å². The minimum atomic E-state index is -1.67. The summed E-state index contributed by atoms with van der Waals surface area (Å²) < 4.78 is 32.7. The quantitative estimate of drug-likeness (QED) is 0.204. The molecule has 0 aliphatic carbocycles. The van der Waals surface area contributed by atoms with Crippen molar-refractivity contribution in [2.75, 3.05) is 50.0 Å². The number of piperazine rings is 1. The summed E-state index contributed by atoms with van der Waals surface area (Å²) in [5.41, 5.74) is -0.441. The number of rotatable bonds is 10. The van der Waals surface area contributed by atoms with Crippen LogP contribution in [-0.4, -0.2) is 111 Å². The molecule has 0 saturated carbocycles. The summed E-state index contributed by atoms with van der Waals surface area (Å²) in [6.07, 6.45) is -1.16. The lowest BCUT2D eigenvalue weighted by Crippen LogP contribution is -2.70. The number of aryl methyl sites for hydroxylation is 1. The first kappa shape index (κ1) is 35.1. The van der Waals surface area contributed by atoms with Crippen molar-refractivity contribution in [1.29, 1.82) is 0 Å². The van der Waals surface area contributed by atoms with E-state index in [1.54, 1.807) is 46.7 Å². The van der Waals surface area contributed by atoms with E-state index in [9.17, 15) is 39.0 Å². The molecule has 18 heteroatoms. The van der Waals surface area contributed by atoms with E-state index in [2.05, 4.69) is 5.32 Å². The van der Waals surface area contributed by atoms with Crippen LogP contribution in [0.4, 0.5) is 19.7 Å². The number of aromatic carboxylic acids is 1. The first-order valence-corrected chi connectivity index (χ1v) is 16.8. The van der Waals surface area contributed by atoms with Gasteiger partial charge in [-0.3, -0.25) is 19.3 Å². The topological polar surface area (TPSA) is 197 Å². The Balaban J connectivity index is 1.06. The number of halogens is 1. The highest BCUT2D eigenvalue weighted by molar-refractivity contribution is 8.00. The lowest BCUT2D eigenvalue weighted by molar-refractivity contribution is -0.149. The standard InChI is InChI=1S/C33H32FN5O11S/c1-2-36-14-21(31(43)44)27(41)20-12-22(34)24(13-23(20)36)37-8-10-38(11-9-37)32(45)49-15-18-17-51-30-26(28(42)39(30)29(18)50-33(46)47)35-25(40)16-48-19-6-4-3-5-7-19/h3-7,12-14,26,30H,2,8-11,15-17H2,1H3,(H,35,40)(H,43,44)(H,46,47)/t26-,30-/m1/s1. The predicted molar refractivity (Wildman–Crippen MR) is 179 cm³/mol. The van der Waals surface area contributed by atoms with Crippen LogP contribution in [0.3, 0.4) is 0 Å². The number of para-hydroxylation sites is 1. The number of carboxylic acids is 1. The molecule has 3 aliphatic rings. The molecule has 6 rings (SSSR count). The van der Waals surface area contributed by atoms with Crippen LogP contribution in [0.5, 0.6) is 5.75 Å². The predicted octanol–water partition coefficient (Wildman–Crippen LogP) is 2.50. The molecule has 0 spiro atoms. The highest BCUT2D eigenvalue weighted by Crippen LogP contribution is 2.41. The number of β-lactam (4-membered cyclic amide) rings is 1. The monoisotopic (exact) mass is 725 g/mol. The van der Waals surface area contributed by atoms with Crippen molar-refractivity contribution in [3.05, 3.63) is 81.7 Å². The number of ether oxygens (including phenoxy) is 3. The lowest BCUT2D eigenvalue weighted by atomic mass is 10.1. The van der Waals surface area contributed by atoms with Crippen molar-refractivity contribution in [2.24, 2.45) is 0 Å². The third kappa shape index (κ3) is 7.12. The second kappa shape index (κ2) is 14.6. The van der Waals surface area contributed by atoms with E-state index in [0.29, 0.717) is 17.8 Å². The van der Waals surface area contributed by atoms with Crippen molar-refractivity contribution in [1.82, 2.24) is 19.7 Å². The molecule has 2 saturated heterocycles. The van der Waals surface area contributed by atoms with Crippen LogP contribution in [0.1, 0.15) is 17.3 Å². The van der Waals surface area contributed by atoms with E-state index in [1.165, 1.54) is 28.9 Å². The van der Waals surface area contributed by atoms with Gasteiger partial charge in [-0.25, -0.2) is 18.8 Å². The summed E-state index contributed by atoms with van der Waals surface area (Å²) >= 11 is 1.23. The Morgan fingerprint density at radius 3 is 2.43 bits per heavy atom. The molecule has 51 heavy (non-hydrogen) atoms. The van der Waals surface area contributed by atoms with Crippen LogP contribution >= 0.6 is 11.8 Å². The Labute approximate surface area is 292 Å². The van der Waals surface area contributed by atoms with Gasteiger partial charge in [-0.05, 0) is 31.2 Å². The second-order valence-corrected chi connectivity index (χ2v) is 12.8. The number of anilines is 1. The molecule has 1 aromatic heterocycles. The fourth-order valence-electron chi connectivity index (χ4n) is 6.02. The Kier molecular flexibility index (Phi) is 10.0. The maximum Gasteiger partial charge on any atom is 0.512 e. The number of carbonyl (C=O) groups is 5. The summed E-state index contributed by atoms with van der Waals surface area (Å²) in [4.78, 5) is 78.5. The van der Waals surface area contributed by atoms with Gasteiger partial charge in [0.15, 0.2) is 6.61 Å². The number of fused-ring (bicyclic) bond motifs is 2. The second-order valence-electron chi connectivity index (χ2n) is 11.6. The molecular formula is C33H32FN5O11S. The van der Waals surface area contributed by atoms with Crippen LogP contribution in [0, 0.1) is 5.82 Å². The molecule has 268 valence electrons. The van der Waals surface area contributed by atoms with Crippen LogP contribution in [0.25, 0.3) is 10.9 Å². The number of thioether (sulfide) groups is 1. The molecular weight excluding hydrogens is 693 g/mol. The van der Waals surface area contributed by atoms with Crippen molar-refractivity contribution in [3.63, 3.8) is 0 Å². The van der Waals surface area contributed by atoms with E-state index in [0.717, 1.165) is 11.0 Å². The molecule has 4 heterocycles. The molecule has 2 aromatic carbocycles. The molecule has 2 fully saturated rings. The summed E-state index contributed by atoms with van der Waals surface area (Å²) in [7, 11) is 0. The van der Waals surface area contributed by atoms with Gasteiger partial charge in [-0.1, -0.05) is 18.2 Å². The molecule has 3 aliphatic heterocycles. The summed E-state index contributed by atoms with van der Waals surface area (Å²) in [6.45, 7) is 2.10. The van der Waals surface area contributed by atoms with Crippen molar-refractivity contribution < 1.29 is 52.8 Å². The Hall–Kier alpha value is -5.78. The third-order valence-corrected chi connectivity index (χ3v) is 9.91. The third-order valence-electron chi connectivity index (χ3n) is 8.57. The van der Waals surface area contributed by atoms with Crippen LogP contribution in [0.2, 0.25) is 0 Å². The Morgan fingerprint density at radius 1 is 1.04 bits per heavy atom. The van der Waals surface area contributed by atoms with E-state index in [-0.39, 0.29) is 67.7 Å². The van der Waals surface area contributed by atoms with E-state index in [1.807, 2.05) is 0 Å². The van der Waals surface area contributed by atoms with Crippen LogP contribution in [0.15, 0.2) is 64.9 Å². The fourth-order valence-corrected chi connectivity index (χ4v) is 7.32. The molecule has 2 atom stereocenters. The maximum atomic E-state index is 15.3. The zero-order valence-electron chi connectivity index (χ0n) is 27.1. The van der Waals surface area contributed by atoms with Crippen molar-refractivity contribution in [2.45, 2.75) is 24.9 Å². The first-order chi connectivity index (χ1) is 24.5. The van der Waals surface area contributed by atoms with Gasteiger partial charge >= 0.3 is 18.2 Å². The summed E-state index contributed by atoms with van der Waals surface area (Å²) in [6, 6.07) is 10.2. The first-order valence-electron chi connectivity index (χ1n) is 15.8. The zero-order chi connectivity index (χ0) is 36.4. The number of amides is 3. The molecule has 16 nitrogen and oxygen atoms in total. The van der Waals surface area contributed by atoms with Crippen molar-refractivity contribution in [3.8, 4) is 5.75 Å². The minimum absolute atomic E-state index is 0.0541. The maximum absolute atomic E-state index is 15.3. The van der Waals surface area contributed by atoms with E-state index in [4.69, 9.17) is 14.2 Å². The van der Waals surface area contributed by atoms with Gasteiger partial charge in [0, 0.05) is 55.6 Å². The lowest BCUT2D eigenvalue weighted by Gasteiger charge is -2.49.